The molecule has 1 saturated heterocycles. The van der Waals surface area contributed by atoms with Crippen LogP contribution >= 0.6 is 11.3 Å². The molecule has 0 bridgehead atoms. The van der Waals surface area contributed by atoms with Crippen LogP contribution in [0.25, 0.3) is 10.4 Å². The Labute approximate surface area is 221 Å². The molecular weight excluding hydrogens is 496 g/mol. The molecule has 1 aromatic carbocycles. The summed E-state index contributed by atoms with van der Waals surface area (Å²) < 4.78 is 5.33. The van der Waals surface area contributed by atoms with Gasteiger partial charge in [0.1, 0.15) is 17.7 Å². The molecule has 202 valence electrons. The molecule has 1 aliphatic heterocycles. The topological polar surface area (TPSA) is 130 Å². The van der Waals surface area contributed by atoms with Crippen molar-refractivity contribution in [2.75, 3.05) is 6.54 Å². The van der Waals surface area contributed by atoms with Crippen LogP contribution in [0.5, 0.6) is 5.75 Å². The highest BCUT2D eigenvalue weighted by Crippen LogP contribution is 2.29. The van der Waals surface area contributed by atoms with Gasteiger partial charge in [0.15, 0.2) is 5.75 Å². The molecule has 0 saturated carbocycles. The summed E-state index contributed by atoms with van der Waals surface area (Å²) in [6.45, 7) is 12.5. The molecule has 37 heavy (non-hydrogen) atoms. The first-order valence-corrected chi connectivity index (χ1v) is 13.0. The summed E-state index contributed by atoms with van der Waals surface area (Å²) in [6, 6.07) is 5.24. The number of alkyl carbamates (subject to hydrolysis) is 1. The van der Waals surface area contributed by atoms with Crippen molar-refractivity contribution >= 4 is 29.2 Å². The lowest BCUT2D eigenvalue weighted by Gasteiger charge is -2.35. The van der Waals surface area contributed by atoms with Crippen molar-refractivity contribution in [2.45, 2.75) is 78.7 Å². The predicted molar refractivity (Wildman–Crippen MR) is 140 cm³/mol. The Balaban J connectivity index is 1.68. The van der Waals surface area contributed by atoms with Gasteiger partial charge in [-0.1, -0.05) is 20.8 Å². The number of likely N-dealkylation sites (tertiary alicyclic amines) is 1. The van der Waals surface area contributed by atoms with E-state index in [0.29, 0.717) is 5.75 Å². The minimum absolute atomic E-state index is 0.0393. The average Bonchev–Trinajstić information content (AvgIpc) is 3.39. The molecule has 2 heterocycles. The van der Waals surface area contributed by atoms with Crippen LogP contribution in [0.1, 0.15) is 53.7 Å². The van der Waals surface area contributed by atoms with Crippen LogP contribution in [-0.4, -0.2) is 63.2 Å². The number of aliphatic hydroxyl groups is 1. The largest absolute Gasteiger partial charge is 0.444 e. The fraction of sp³-hybridized carbons (Fsp3) is 0.538. The Bertz CT molecular complexity index is 1120. The van der Waals surface area contributed by atoms with Gasteiger partial charge in [0.2, 0.25) is 5.91 Å². The molecule has 1 aromatic heterocycles. The van der Waals surface area contributed by atoms with E-state index in [2.05, 4.69) is 15.8 Å². The number of nitrogens with one attached hydrogen (secondary N) is 2. The first kappa shape index (κ1) is 28.4. The second-order valence-electron chi connectivity index (χ2n) is 11.2. The van der Waals surface area contributed by atoms with E-state index < -0.39 is 47.1 Å². The lowest BCUT2D eigenvalue weighted by atomic mass is 9.85. The van der Waals surface area contributed by atoms with Gasteiger partial charge in [-0.3, -0.25) is 9.59 Å². The molecule has 3 amide bonds. The quantitative estimate of drug-likeness (QED) is 0.486. The molecule has 3 rings (SSSR count). The number of hydrogen-bond donors (Lipinski definition) is 3. The summed E-state index contributed by atoms with van der Waals surface area (Å²) in [4.78, 5) is 51.0. The lowest BCUT2D eigenvalue weighted by molar-refractivity contribution is -0.144. The van der Waals surface area contributed by atoms with Gasteiger partial charge in [0.05, 0.1) is 22.2 Å². The normalized spacial score (nSPS) is 18.8. The molecule has 11 heteroatoms. The van der Waals surface area contributed by atoms with Crippen LogP contribution in [-0.2, 0) is 14.3 Å². The fourth-order valence-corrected chi connectivity index (χ4v) is 4.79. The first-order valence-electron chi connectivity index (χ1n) is 12.1. The van der Waals surface area contributed by atoms with Crippen molar-refractivity contribution in [3.05, 3.63) is 35.5 Å². The van der Waals surface area contributed by atoms with Crippen LogP contribution in [0.2, 0.25) is 0 Å². The summed E-state index contributed by atoms with van der Waals surface area (Å²) in [6.07, 6.45) is -1.57. The number of carbonyl (C=O) groups is 3. The number of nitrogens with zero attached hydrogens (tertiary/aromatic N) is 2. The van der Waals surface area contributed by atoms with Crippen LogP contribution in [0.4, 0.5) is 4.79 Å². The van der Waals surface area contributed by atoms with E-state index in [9.17, 15) is 19.5 Å². The third-order valence-electron chi connectivity index (χ3n) is 5.77. The molecule has 10 nitrogen and oxygen atoms in total. The average molecular weight is 533 g/mol. The Morgan fingerprint density at radius 1 is 1.14 bits per heavy atom. The van der Waals surface area contributed by atoms with Crippen molar-refractivity contribution in [3.8, 4) is 16.2 Å². The van der Waals surface area contributed by atoms with Crippen LogP contribution < -0.4 is 15.6 Å². The van der Waals surface area contributed by atoms with Crippen molar-refractivity contribution in [2.24, 2.45) is 5.41 Å². The summed E-state index contributed by atoms with van der Waals surface area (Å²) in [5, 5.41) is 12.9. The Morgan fingerprint density at radius 2 is 1.78 bits per heavy atom. The summed E-state index contributed by atoms with van der Waals surface area (Å²) >= 11 is 1.54. The van der Waals surface area contributed by atoms with Crippen molar-refractivity contribution in [1.82, 2.24) is 20.7 Å². The smallest absolute Gasteiger partial charge is 0.408 e. The second kappa shape index (κ2) is 11.1. The minimum Gasteiger partial charge on any atom is -0.444 e. The number of carbonyl (C=O) groups excluding carboxylic acids is 3. The molecule has 3 atom stereocenters. The summed E-state index contributed by atoms with van der Waals surface area (Å²) in [5.41, 5.74) is 4.68. The van der Waals surface area contributed by atoms with E-state index in [0.717, 1.165) is 16.1 Å². The first-order chi connectivity index (χ1) is 17.2. The van der Waals surface area contributed by atoms with Gasteiger partial charge in [-0.15, -0.1) is 11.3 Å². The number of ether oxygens (including phenoxy) is 1. The van der Waals surface area contributed by atoms with Crippen LogP contribution in [0.3, 0.4) is 0 Å². The van der Waals surface area contributed by atoms with E-state index >= 15 is 0 Å². The van der Waals surface area contributed by atoms with Crippen molar-refractivity contribution in [1.29, 1.82) is 0 Å². The van der Waals surface area contributed by atoms with Crippen LogP contribution in [0.15, 0.2) is 29.8 Å². The van der Waals surface area contributed by atoms with Gasteiger partial charge in [-0.2, -0.15) is 5.48 Å². The molecule has 1 unspecified atom stereocenters. The van der Waals surface area contributed by atoms with Gasteiger partial charge in [-0.25, -0.2) is 9.78 Å². The Kier molecular flexibility index (Phi) is 8.49. The third kappa shape index (κ3) is 7.42. The van der Waals surface area contributed by atoms with Gasteiger partial charge in [0.25, 0.3) is 5.91 Å². The number of aryl methyl sites for hydroxylation is 1. The fourth-order valence-electron chi connectivity index (χ4n) is 3.98. The SMILES string of the molecule is Cc1ncsc1-c1ccc(ONC(=O)[C@@H]2C[C@@H](O)CN2C(=O)C(NC(=O)OC(C)(C)C)C(C)(C)C)cc1. The lowest BCUT2D eigenvalue weighted by Crippen LogP contribution is -2.58. The third-order valence-corrected chi connectivity index (χ3v) is 6.75. The Morgan fingerprint density at radius 3 is 2.32 bits per heavy atom. The van der Waals surface area contributed by atoms with E-state index in [-0.39, 0.29) is 13.0 Å². The maximum Gasteiger partial charge on any atom is 0.408 e. The molecule has 3 N–H and O–H groups in total. The van der Waals surface area contributed by atoms with Gasteiger partial charge in [0, 0.05) is 13.0 Å². The Hall–Kier alpha value is -3.18. The molecule has 0 radical (unpaired) electrons. The standard InChI is InChI=1S/C26H36N4O6S/c1-15-20(37-14-27-15)16-8-10-18(11-9-16)36-29-22(32)19-12-17(31)13-30(19)23(33)21(25(2,3)4)28-24(34)35-26(5,6)7/h8-11,14,17,19,21,31H,12-13H2,1-7H3,(H,28,34)(H,29,32)/t17-,19+,21?/m1/s1. The number of β-amino-alcohol motifs (C(OH)–C–C–N with tert-alkyl or cyclic N) is 1. The summed E-state index contributed by atoms with van der Waals surface area (Å²) in [7, 11) is 0. The van der Waals surface area contributed by atoms with E-state index in [1.165, 1.54) is 16.2 Å². The number of aromatic nitrogens is 1. The predicted octanol–water partition coefficient (Wildman–Crippen LogP) is 3.43. The molecule has 0 spiro atoms. The van der Waals surface area contributed by atoms with E-state index in [1.807, 2.05) is 19.1 Å². The van der Waals surface area contributed by atoms with E-state index in [4.69, 9.17) is 9.57 Å². The monoisotopic (exact) mass is 532 g/mol. The zero-order valence-corrected chi connectivity index (χ0v) is 23.1. The number of hydroxylamine groups is 1. The highest BCUT2D eigenvalue weighted by molar-refractivity contribution is 7.13. The number of amides is 3. The number of hydrogen-bond acceptors (Lipinski definition) is 8. The highest BCUT2D eigenvalue weighted by atomic mass is 32.1. The zero-order valence-electron chi connectivity index (χ0n) is 22.3. The van der Waals surface area contributed by atoms with Crippen LogP contribution in [0, 0.1) is 12.3 Å². The van der Waals surface area contributed by atoms with Gasteiger partial charge < -0.3 is 24.9 Å². The number of thiazole rings is 1. The van der Waals surface area contributed by atoms with Gasteiger partial charge in [-0.05, 0) is 62.9 Å². The molecule has 1 aliphatic rings. The number of benzene rings is 1. The summed E-state index contributed by atoms with van der Waals surface area (Å²) in [5.74, 6) is -0.647. The highest BCUT2D eigenvalue weighted by Gasteiger charge is 2.45. The zero-order chi connectivity index (χ0) is 27.5. The molecule has 1 fully saturated rings. The number of rotatable bonds is 6. The molecule has 2 aromatic rings. The molecule has 0 aliphatic carbocycles. The maximum absolute atomic E-state index is 13.5. The minimum atomic E-state index is -0.980. The van der Waals surface area contributed by atoms with Crippen molar-refractivity contribution < 1.29 is 29.1 Å². The van der Waals surface area contributed by atoms with Crippen molar-refractivity contribution in [3.63, 3.8) is 0 Å². The second-order valence-corrected chi connectivity index (χ2v) is 12.1. The van der Waals surface area contributed by atoms with Gasteiger partial charge >= 0.3 is 6.09 Å². The maximum atomic E-state index is 13.5. The number of aliphatic hydroxyl groups excluding tert-OH is 1. The molecular formula is C26H36N4O6S. The van der Waals surface area contributed by atoms with E-state index in [1.54, 1.807) is 59.2 Å².